The number of rotatable bonds is 2. The largest absolute Gasteiger partial charge is 0.381 e. The second-order valence-corrected chi connectivity index (χ2v) is 2.86. The van der Waals surface area contributed by atoms with E-state index in [0.29, 0.717) is 0 Å². The third kappa shape index (κ3) is 1.85. The molecule has 1 nitrogen and oxygen atoms in total. The van der Waals surface area contributed by atoms with E-state index in [1.165, 1.54) is 0 Å². The van der Waals surface area contributed by atoms with Gasteiger partial charge in [-0.2, -0.15) is 0 Å². The first kappa shape index (κ1) is 8.79. The summed E-state index contributed by atoms with van der Waals surface area (Å²) in [7, 11) is 0. The average Bonchev–Trinajstić information content (AvgIpc) is 2.06. The van der Waals surface area contributed by atoms with Crippen molar-refractivity contribution in [1.29, 1.82) is 0 Å². The van der Waals surface area contributed by atoms with Gasteiger partial charge in [0.25, 0.3) is 0 Å². The van der Waals surface area contributed by atoms with Crippen LogP contribution in [0.1, 0.15) is 12.5 Å². The summed E-state index contributed by atoms with van der Waals surface area (Å²) in [4.78, 5) is 0. The molecule has 0 aromatic heterocycles. The van der Waals surface area contributed by atoms with Gasteiger partial charge in [0.1, 0.15) is 5.60 Å². The Morgan fingerprint density at radius 2 is 2.00 bits per heavy atom. The van der Waals surface area contributed by atoms with Crippen LogP contribution in [0.3, 0.4) is 0 Å². The molecule has 12 heavy (non-hydrogen) atoms. The zero-order chi connectivity index (χ0) is 9.03. The summed E-state index contributed by atoms with van der Waals surface area (Å²) in [5.41, 5.74) is 2.47. The van der Waals surface area contributed by atoms with Crippen molar-refractivity contribution in [3.8, 4) is 0 Å². The van der Waals surface area contributed by atoms with Crippen molar-refractivity contribution in [2.24, 2.45) is 0 Å². The van der Waals surface area contributed by atoms with Crippen LogP contribution in [0.2, 0.25) is 0 Å². The summed E-state index contributed by atoms with van der Waals surface area (Å²) in [5.74, 6) is 0. The highest BCUT2D eigenvalue weighted by Gasteiger charge is 2.17. The second-order valence-electron chi connectivity index (χ2n) is 2.86. The van der Waals surface area contributed by atoms with Gasteiger partial charge in [-0.3, -0.25) is 0 Å². The van der Waals surface area contributed by atoms with E-state index < -0.39 is 5.60 Å². The van der Waals surface area contributed by atoms with Gasteiger partial charge >= 0.3 is 0 Å². The molecule has 1 aromatic rings. The minimum Gasteiger partial charge on any atom is -0.381 e. The molecule has 62 valence electrons. The van der Waals surface area contributed by atoms with E-state index >= 15 is 0 Å². The molecular weight excluding hydrogens is 148 g/mol. The maximum atomic E-state index is 9.83. The van der Waals surface area contributed by atoms with Crippen molar-refractivity contribution in [1.82, 2.24) is 0 Å². The van der Waals surface area contributed by atoms with E-state index in [-0.39, 0.29) is 0 Å². The number of hydrogen-bond acceptors (Lipinski definition) is 1. The molecule has 1 rings (SSSR count). The van der Waals surface area contributed by atoms with Crippen LogP contribution in [0.4, 0.5) is 0 Å². The molecule has 1 atom stereocenters. The van der Waals surface area contributed by atoms with Gasteiger partial charge in [0.2, 0.25) is 0 Å². The van der Waals surface area contributed by atoms with Crippen LogP contribution in [0.25, 0.3) is 0 Å². The molecule has 0 aliphatic carbocycles. The molecule has 0 radical (unpaired) electrons. The van der Waals surface area contributed by atoms with E-state index in [2.05, 4.69) is 12.3 Å². The van der Waals surface area contributed by atoms with Crippen LogP contribution in [-0.4, -0.2) is 5.11 Å². The van der Waals surface area contributed by atoms with Crippen molar-refractivity contribution in [3.05, 3.63) is 54.3 Å². The molecule has 0 fully saturated rings. The lowest BCUT2D eigenvalue weighted by molar-refractivity contribution is 0.111. The maximum absolute atomic E-state index is 9.83. The SMILES string of the molecule is C=C=C[C@@](C)(O)c1ccccc1. The first-order chi connectivity index (χ1) is 5.67. The van der Waals surface area contributed by atoms with Gasteiger partial charge in [-0.25, -0.2) is 0 Å². The summed E-state index contributed by atoms with van der Waals surface area (Å²) < 4.78 is 0. The van der Waals surface area contributed by atoms with E-state index in [9.17, 15) is 5.11 Å². The molecule has 1 heteroatoms. The van der Waals surface area contributed by atoms with Crippen molar-refractivity contribution in [2.75, 3.05) is 0 Å². The fourth-order valence-corrected chi connectivity index (χ4v) is 1.06. The molecule has 1 aromatic carbocycles. The Morgan fingerprint density at radius 3 is 2.50 bits per heavy atom. The van der Waals surface area contributed by atoms with Crippen LogP contribution in [-0.2, 0) is 5.60 Å². The van der Waals surface area contributed by atoms with Gasteiger partial charge in [0, 0.05) is 0 Å². The second kappa shape index (κ2) is 3.40. The third-order valence-corrected chi connectivity index (χ3v) is 1.74. The summed E-state index contributed by atoms with van der Waals surface area (Å²) >= 11 is 0. The number of hydrogen-bond donors (Lipinski definition) is 1. The molecule has 0 bridgehead atoms. The highest BCUT2D eigenvalue weighted by Crippen LogP contribution is 2.20. The van der Waals surface area contributed by atoms with Crippen LogP contribution < -0.4 is 0 Å². The molecule has 0 aliphatic rings. The van der Waals surface area contributed by atoms with Gasteiger partial charge in [0.15, 0.2) is 0 Å². The normalized spacial score (nSPS) is 14.5. The Balaban J connectivity index is 3.05. The first-order valence-corrected chi connectivity index (χ1v) is 3.82. The van der Waals surface area contributed by atoms with Crippen LogP contribution >= 0.6 is 0 Å². The molecule has 1 N–H and O–H groups in total. The topological polar surface area (TPSA) is 20.2 Å². The molecule has 0 saturated carbocycles. The predicted molar refractivity (Wildman–Crippen MR) is 49.7 cm³/mol. The first-order valence-electron chi connectivity index (χ1n) is 3.82. The zero-order valence-electron chi connectivity index (χ0n) is 7.12. The van der Waals surface area contributed by atoms with Crippen LogP contribution in [0.5, 0.6) is 0 Å². The van der Waals surface area contributed by atoms with Crippen molar-refractivity contribution in [2.45, 2.75) is 12.5 Å². The molecule has 0 heterocycles. The highest BCUT2D eigenvalue weighted by molar-refractivity contribution is 5.25. The molecule has 0 saturated heterocycles. The van der Waals surface area contributed by atoms with Gasteiger partial charge in [0.05, 0.1) is 0 Å². The van der Waals surface area contributed by atoms with Gasteiger partial charge < -0.3 is 5.11 Å². The Labute approximate surface area is 72.7 Å². The average molecular weight is 160 g/mol. The minimum atomic E-state index is -0.955. The summed E-state index contributed by atoms with van der Waals surface area (Å²) in [5, 5.41) is 9.83. The minimum absolute atomic E-state index is 0.848. The van der Waals surface area contributed by atoms with Gasteiger partial charge in [-0.15, -0.1) is 5.73 Å². The Kier molecular flexibility index (Phi) is 2.49. The Morgan fingerprint density at radius 1 is 1.42 bits per heavy atom. The lowest BCUT2D eigenvalue weighted by atomic mass is 9.96. The molecule has 0 unspecified atom stereocenters. The maximum Gasteiger partial charge on any atom is 0.112 e. The van der Waals surface area contributed by atoms with Crippen molar-refractivity contribution >= 4 is 0 Å². The van der Waals surface area contributed by atoms with Crippen molar-refractivity contribution < 1.29 is 5.11 Å². The lowest BCUT2D eigenvalue weighted by Gasteiger charge is -2.17. The fraction of sp³-hybridized carbons (Fsp3) is 0.182. The summed E-state index contributed by atoms with van der Waals surface area (Å²) in [6, 6.07) is 9.43. The lowest BCUT2D eigenvalue weighted by Crippen LogP contribution is -2.16. The van der Waals surface area contributed by atoms with E-state index in [1.807, 2.05) is 30.3 Å². The third-order valence-electron chi connectivity index (χ3n) is 1.74. The zero-order valence-corrected chi connectivity index (χ0v) is 7.12. The Hall–Kier alpha value is -1.30. The van der Waals surface area contributed by atoms with Gasteiger partial charge in [-0.05, 0) is 18.6 Å². The number of benzene rings is 1. The van der Waals surface area contributed by atoms with E-state index in [1.54, 1.807) is 13.0 Å². The monoisotopic (exact) mass is 160 g/mol. The molecule has 0 aliphatic heterocycles. The quantitative estimate of drug-likeness (QED) is 0.658. The van der Waals surface area contributed by atoms with Crippen LogP contribution in [0.15, 0.2) is 48.7 Å². The smallest absolute Gasteiger partial charge is 0.112 e. The van der Waals surface area contributed by atoms with E-state index in [4.69, 9.17) is 0 Å². The predicted octanol–water partition coefficient (Wildman–Crippen LogP) is 2.24. The molecule has 0 spiro atoms. The van der Waals surface area contributed by atoms with Crippen LogP contribution in [0, 0.1) is 0 Å². The summed E-state index contributed by atoms with van der Waals surface area (Å²) in [6.45, 7) is 5.14. The number of aliphatic hydroxyl groups is 1. The molecular formula is C11H12O. The summed E-state index contributed by atoms with van der Waals surface area (Å²) in [6.07, 6.45) is 1.54. The van der Waals surface area contributed by atoms with Crippen molar-refractivity contribution in [3.63, 3.8) is 0 Å². The Bertz CT molecular complexity index is 292. The van der Waals surface area contributed by atoms with E-state index in [0.717, 1.165) is 5.56 Å². The standard InChI is InChI=1S/C11H12O/c1-3-9-11(2,12)10-7-5-4-6-8-10/h4-9,12H,1H2,2H3/t11-/m1/s1. The fourth-order valence-electron chi connectivity index (χ4n) is 1.06. The highest BCUT2D eigenvalue weighted by atomic mass is 16.3. The van der Waals surface area contributed by atoms with Gasteiger partial charge in [-0.1, -0.05) is 36.9 Å². The molecule has 0 amide bonds.